The molecule has 0 saturated heterocycles. The van der Waals surface area contributed by atoms with Gasteiger partial charge in [0, 0.05) is 19.0 Å². The maximum absolute atomic E-state index is 11.9. The van der Waals surface area contributed by atoms with Gasteiger partial charge in [-0.15, -0.1) is 0 Å². The van der Waals surface area contributed by atoms with Crippen LogP contribution in [0.2, 0.25) is 0 Å². The van der Waals surface area contributed by atoms with E-state index in [2.05, 4.69) is 11.6 Å². The zero-order valence-electron chi connectivity index (χ0n) is 9.80. The van der Waals surface area contributed by atoms with E-state index in [0.717, 1.165) is 4.90 Å². The van der Waals surface area contributed by atoms with Crippen molar-refractivity contribution in [2.75, 3.05) is 19.7 Å². The van der Waals surface area contributed by atoms with Crippen LogP contribution in [0.4, 0.5) is 0 Å². The number of carbonyl (C=O) groups is 2. The Kier molecular flexibility index (Phi) is 7.29. The minimum atomic E-state index is -0.636. The first kappa shape index (κ1) is 15.0. The van der Waals surface area contributed by atoms with E-state index in [4.69, 9.17) is 10.8 Å². The smallest absolute Gasteiger partial charge is 0.255 e. The fourth-order valence-corrected chi connectivity index (χ4v) is 1.13. The van der Waals surface area contributed by atoms with Crippen molar-refractivity contribution in [3.63, 3.8) is 0 Å². The molecule has 0 radical (unpaired) electrons. The van der Waals surface area contributed by atoms with Gasteiger partial charge in [0.2, 0.25) is 5.91 Å². The van der Waals surface area contributed by atoms with Crippen molar-refractivity contribution >= 4 is 18.0 Å². The highest BCUT2D eigenvalue weighted by atomic mass is 16.3. The molecule has 17 heavy (non-hydrogen) atoms. The largest absolute Gasteiger partial charge is 0.395 e. The predicted molar refractivity (Wildman–Crippen MR) is 65.3 cm³/mol. The summed E-state index contributed by atoms with van der Waals surface area (Å²) in [7, 11) is 0. The molecular weight excluding hydrogens is 222 g/mol. The van der Waals surface area contributed by atoms with Crippen LogP contribution in [-0.4, -0.2) is 47.7 Å². The van der Waals surface area contributed by atoms with Gasteiger partial charge in [-0.2, -0.15) is 0 Å². The molecule has 0 aliphatic heterocycles. The zero-order valence-corrected chi connectivity index (χ0v) is 9.80. The van der Waals surface area contributed by atoms with Gasteiger partial charge in [-0.25, -0.2) is 0 Å². The van der Waals surface area contributed by atoms with Crippen molar-refractivity contribution < 1.29 is 14.7 Å². The minimum absolute atomic E-state index is 0.0427. The number of aliphatic hydroxyl groups is 1. The second-order valence-corrected chi connectivity index (χ2v) is 3.12. The van der Waals surface area contributed by atoms with Crippen molar-refractivity contribution in [1.29, 1.82) is 0 Å². The van der Waals surface area contributed by atoms with Crippen LogP contribution in [0.1, 0.15) is 6.92 Å². The molecule has 0 fully saturated rings. The van der Waals surface area contributed by atoms with Gasteiger partial charge in [0.05, 0.1) is 18.7 Å². The van der Waals surface area contributed by atoms with Crippen molar-refractivity contribution in [2.45, 2.75) is 6.92 Å². The number of primary amides is 1. The Morgan fingerprint density at radius 2 is 2.18 bits per heavy atom. The molecule has 6 nitrogen and oxygen atoms in total. The first-order valence-electron chi connectivity index (χ1n) is 5.05. The average Bonchev–Trinajstić information content (AvgIpc) is 2.28. The predicted octanol–water partition coefficient (Wildman–Crippen LogP) is -0.547. The van der Waals surface area contributed by atoms with Crippen LogP contribution in [0.25, 0.3) is 0 Å². The number of nitrogens with two attached hydrogens (primary N) is 1. The lowest BCUT2D eigenvalue weighted by Gasteiger charge is -2.20. The van der Waals surface area contributed by atoms with Crippen LogP contribution in [0.15, 0.2) is 29.4 Å². The van der Waals surface area contributed by atoms with Crippen LogP contribution >= 0.6 is 0 Å². The summed E-state index contributed by atoms with van der Waals surface area (Å²) in [4.78, 5) is 27.6. The van der Waals surface area contributed by atoms with E-state index >= 15 is 0 Å². The number of hydrogen-bond donors (Lipinski definition) is 2. The quantitative estimate of drug-likeness (QED) is 0.461. The van der Waals surface area contributed by atoms with Gasteiger partial charge in [-0.05, 0) is 6.92 Å². The SMILES string of the molecule is C=CN=C/C(=C\C)C(=O)N(CCO)CC(N)=O. The maximum Gasteiger partial charge on any atom is 0.255 e. The molecule has 0 atom stereocenters. The van der Waals surface area contributed by atoms with Crippen LogP contribution in [0.5, 0.6) is 0 Å². The normalized spacial score (nSPS) is 11.5. The van der Waals surface area contributed by atoms with E-state index in [1.165, 1.54) is 12.4 Å². The lowest BCUT2D eigenvalue weighted by atomic mass is 10.2. The molecule has 0 bridgehead atoms. The van der Waals surface area contributed by atoms with Crippen LogP contribution in [-0.2, 0) is 9.59 Å². The summed E-state index contributed by atoms with van der Waals surface area (Å²) in [6, 6.07) is 0. The topological polar surface area (TPSA) is 96.0 Å². The summed E-state index contributed by atoms with van der Waals surface area (Å²) in [5, 5.41) is 8.81. The molecule has 0 aliphatic rings. The van der Waals surface area contributed by atoms with Crippen molar-refractivity contribution in [1.82, 2.24) is 4.90 Å². The molecule has 0 saturated carbocycles. The fourth-order valence-electron chi connectivity index (χ4n) is 1.13. The standard InChI is InChI=1S/C11H17N3O3/c1-3-9(7-13-4-2)11(17)14(5-6-15)8-10(12)16/h3-4,7,15H,2,5-6,8H2,1H3,(H2,12,16)/b9-3+,13-7?. The van der Waals surface area contributed by atoms with Gasteiger partial charge in [0.15, 0.2) is 0 Å². The zero-order chi connectivity index (χ0) is 13.3. The fraction of sp³-hybridized carbons (Fsp3) is 0.364. The minimum Gasteiger partial charge on any atom is -0.395 e. The summed E-state index contributed by atoms with van der Waals surface area (Å²) >= 11 is 0. The Balaban J connectivity index is 4.85. The Morgan fingerprint density at radius 3 is 2.59 bits per heavy atom. The van der Waals surface area contributed by atoms with Gasteiger partial charge in [0.1, 0.15) is 0 Å². The third kappa shape index (κ3) is 5.62. The van der Waals surface area contributed by atoms with Crippen molar-refractivity contribution in [3.05, 3.63) is 24.4 Å². The van der Waals surface area contributed by atoms with Gasteiger partial charge in [0.25, 0.3) is 5.91 Å². The third-order valence-electron chi connectivity index (χ3n) is 1.88. The van der Waals surface area contributed by atoms with Gasteiger partial charge >= 0.3 is 0 Å². The Morgan fingerprint density at radius 1 is 1.53 bits per heavy atom. The Labute approximate surface area is 100 Å². The number of nitrogens with zero attached hydrogens (tertiary/aromatic N) is 2. The molecule has 94 valence electrons. The number of amides is 2. The van der Waals surface area contributed by atoms with Crippen LogP contribution in [0.3, 0.4) is 0 Å². The third-order valence-corrected chi connectivity index (χ3v) is 1.88. The number of rotatable bonds is 7. The van der Waals surface area contributed by atoms with E-state index in [1.807, 2.05) is 0 Å². The van der Waals surface area contributed by atoms with Crippen LogP contribution < -0.4 is 5.73 Å². The Bertz CT molecular complexity index is 348. The highest BCUT2D eigenvalue weighted by Gasteiger charge is 2.17. The molecule has 0 spiro atoms. The lowest BCUT2D eigenvalue weighted by Crippen LogP contribution is -2.41. The maximum atomic E-state index is 11.9. The number of allylic oxidation sites excluding steroid dienone is 1. The van der Waals surface area contributed by atoms with Gasteiger partial charge in [-0.3, -0.25) is 14.6 Å². The Hall–Kier alpha value is -1.95. The number of aliphatic hydroxyl groups excluding tert-OH is 1. The molecule has 0 heterocycles. The number of carbonyl (C=O) groups excluding carboxylic acids is 2. The summed E-state index contributed by atoms with van der Waals surface area (Å²) < 4.78 is 0. The molecule has 2 amide bonds. The first-order chi connectivity index (χ1) is 8.06. The molecule has 6 heteroatoms. The number of aliphatic imine (C=N–C) groups is 1. The van der Waals surface area contributed by atoms with Gasteiger partial charge in [-0.1, -0.05) is 12.7 Å². The van der Waals surface area contributed by atoms with E-state index in [0.29, 0.717) is 5.57 Å². The van der Waals surface area contributed by atoms with Crippen molar-refractivity contribution in [3.8, 4) is 0 Å². The highest BCUT2D eigenvalue weighted by molar-refractivity contribution is 6.12. The van der Waals surface area contributed by atoms with Crippen molar-refractivity contribution in [2.24, 2.45) is 10.7 Å². The van der Waals surface area contributed by atoms with Crippen LogP contribution in [0, 0.1) is 0 Å². The second kappa shape index (κ2) is 8.23. The molecule has 0 aliphatic carbocycles. The van der Waals surface area contributed by atoms with E-state index in [9.17, 15) is 9.59 Å². The van der Waals surface area contributed by atoms with E-state index in [-0.39, 0.29) is 19.7 Å². The second-order valence-electron chi connectivity index (χ2n) is 3.12. The van der Waals surface area contributed by atoms with E-state index in [1.54, 1.807) is 13.0 Å². The molecule has 0 aromatic heterocycles. The molecule has 3 N–H and O–H groups in total. The molecule has 0 rings (SSSR count). The molecule has 0 aromatic carbocycles. The average molecular weight is 239 g/mol. The lowest BCUT2D eigenvalue weighted by molar-refractivity contribution is -0.132. The summed E-state index contributed by atoms with van der Waals surface area (Å²) in [6.45, 7) is 4.63. The first-order valence-corrected chi connectivity index (χ1v) is 5.05. The molecule has 0 aromatic rings. The summed E-state index contributed by atoms with van der Waals surface area (Å²) in [6.07, 6.45) is 4.18. The molecule has 0 unspecified atom stereocenters. The highest BCUT2D eigenvalue weighted by Crippen LogP contribution is 2.00. The molecular formula is C11H17N3O3. The summed E-state index contributed by atoms with van der Waals surface area (Å²) in [5.41, 5.74) is 5.32. The number of hydrogen-bond acceptors (Lipinski definition) is 4. The monoisotopic (exact) mass is 239 g/mol. The van der Waals surface area contributed by atoms with E-state index < -0.39 is 11.8 Å². The van der Waals surface area contributed by atoms with Gasteiger partial charge < -0.3 is 15.7 Å². The summed E-state index contributed by atoms with van der Waals surface area (Å²) in [5.74, 6) is -1.05.